The Balaban J connectivity index is 1.37. The van der Waals surface area contributed by atoms with Crippen LogP contribution in [0.15, 0.2) is 72.8 Å². The molecule has 9 nitrogen and oxygen atoms in total. The largest absolute Gasteiger partial charge is 0.508 e. The molecule has 10 heteroatoms. The van der Waals surface area contributed by atoms with Crippen LogP contribution in [0.1, 0.15) is 32.7 Å². The Kier molecular flexibility index (Phi) is 7.74. The maximum absolute atomic E-state index is 14.0. The fourth-order valence-corrected chi connectivity index (χ4v) is 5.55. The van der Waals surface area contributed by atoms with E-state index in [4.69, 9.17) is 0 Å². The number of benzene rings is 3. The van der Waals surface area contributed by atoms with Crippen molar-refractivity contribution >= 4 is 29.2 Å². The number of hydrogen-bond acceptors (Lipinski definition) is 6. The van der Waals surface area contributed by atoms with Gasteiger partial charge in [0.2, 0.25) is 5.91 Å². The van der Waals surface area contributed by atoms with Crippen LogP contribution in [-0.4, -0.2) is 83.7 Å². The number of nitrogens with zero attached hydrogens (tertiary/aromatic N) is 3. The Morgan fingerprint density at radius 2 is 1.71 bits per heavy atom. The van der Waals surface area contributed by atoms with Crippen molar-refractivity contribution in [3.05, 3.63) is 95.3 Å². The van der Waals surface area contributed by atoms with E-state index in [2.05, 4.69) is 5.32 Å². The van der Waals surface area contributed by atoms with E-state index in [0.717, 1.165) is 11.8 Å². The molecular weight excluding hydrogens is 527 g/mol. The molecule has 2 N–H and O–H groups in total. The summed E-state index contributed by atoms with van der Waals surface area (Å²) in [5.74, 6) is -2.09. The van der Waals surface area contributed by atoms with Crippen LogP contribution in [0.25, 0.3) is 0 Å². The number of carbonyl (C=O) groups is 4. The van der Waals surface area contributed by atoms with Gasteiger partial charge in [0.15, 0.2) is 5.78 Å². The van der Waals surface area contributed by atoms with Crippen LogP contribution in [0, 0.1) is 5.82 Å². The summed E-state index contributed by atoms with van der Waals surface area (Å²) in [6.45, 7) is 0.0496. The number of carbonyl (C=O) groups excluding carboxylic acids is 4. The van der Waals surface area contributed by atoms with Gasteiger partial charge in [0, 0.05) is 43.9 Å². The van der Waals surface area contributed by atoms with Gasteiger partial charge >= 0.3 is 0 Å². The summed E-state index contributed by atoms with van der Waals surface area (Å²) in [6, 6.07) is 16.2. The number of amides is 3. The van der Waals surface area contributed by atoms with E-state index in [9.17, 15) is 28.7 Å². The van der Waals surface area contributed by atoms with Crippen molar-refractivity contribution in [2.45, 2.75) is 31.0 Å². The number of ketones is 1. The number of Topliss-reactive ketones (excluding diaryl/α,β-unsaturated/α-hetero) is 1. The van der Waals surface area contributed by atoms with Crippen molar-refractivity contribution < 1.29 is 28.7 Å². The van der Waals surface area contributed by atoms with Gasteiger partial charge in [0.25, 0.3) is 11.8 Å². The fraction of sp³-hybridized carbons (Fsp3) is 0.290. The van der Waals surface area contributed by atoms with Crippen LogP contribution in [0.2, 0.25) is 0 Å². The van der Waals surface area contributed by atoms with Gasteiger partial charge < -0.3 is 25.1 Å². The molecule has 0 saturated carbocycles. The second-order valence-corrected chi connectivity index (χ2v) is 10.6. The van der Waals surface area contributed by atoms with Gasteiger partial charge in [0.05, 0.1) is 12.6 Å². The predicted octanol–water partition coefficient (Wildman–Crippen LogP) is 2.63. The van der Waals surface area contributed by atoms with Crippen LogP contribution >= 0.6 is 0 Å². The molecule has 3 atom stereocenters. The number of aromatic hydroxyl groups is 1. The normalized spacial score (nSPS) is 18.7. The number of rotatable bonds is 7. The first-order valence-electron chi connectivity index (χ1n) is 13.4. The van der Waals surface area contributed by atoms with E-state index in [-0.39, 0.29) is 36.6 Å². The Bertz CT molecular complexity index is 1470. The summed E-state index contributed by atoms with van der Waals surface area (Å²) >= 11 is 0. The fourth-order valence-electron chi connectivity index (χ4n) is 5.55. The average Bonchev–Trinajstić information content (AvgIpc) is 3.54. The minimum absolute atomic E-state index is 0.0728. The lowest BCUT2D eigenvalue weighted by Gasteiger charge is -2.28. The first-order valence-corrected chi connectivity index (χ1v) is 13.4. The van der Waals surface area contributed by atoms with Gasteiger partial charge in [-0.15, -0.1) is 0 Å². The summed E-state index contributed by atoms with van der Waals surface area (Å²) in [4.78, 5) is 58.3. The Morgan fingerprint density at radius 1 is 1.00 bits per heavy atom. The quantitative estimate of drug-likeness (QED) is 0.462. The zero-order chi connectivity index (χ0) is 29.3. The van der Waals surface area contributed by atoms with Gasteiger partial charge in [-0.05, 0) is 66.6 Å². The predicted molar refractivity (Wildman–Crippen MR) is 150 cm³/mol. The van der Waals surface area contributed by atoms with Crippen LogP contribution in [-0.2, 0) is 16.0 Å². The van der Waals surface area contributed by atoms with Crippen molar-refractivity contribution in [1.82, 2.24) is 15.1 Å². The van der Waals surface area contributed by atoms with E-state index in [1.54, 1.807) is 36.4 Å². The number of phenolic OH excluding ortho intramolecular Hbond substituents is 1. The highest BCUT2D eigenvalue weighted by atomic mass is 19.1. The molecule has 2 saturated heterocycles. The Labute approximate surface area is 237 Å². The van der Waals surface area contributed by atoms with Crippen LogP contribution in [0.4, 0.5) is 10.1 Å². The summed E-state index contributed by atoms with van der Waals surface area (Å²) < 4.78 is 13.8. The van der Waals surface area contributed by atoms with Crippen molar-refractivity contribution in [1.29, 1.82) is 0 Å². The zero-order valence-electron chi connectivity index (χ0n) is 22.8. The van der Waals surface area contributed by atoms with Gasteiger partial charge in [-0.1, -0.05) is 18.2 Å². The molecule has 0 aromatic heterocycles. The summed E-state index contributed by atoms with van der Waals surface area (Å²) in [6.07, 6.45) is 0.518. The smallest absolute Gasteiger partial charge is 0.254 e. The molecule has 2 aliphatic heterocycles. The summed E-state index contributed by atoms with van der Waals surface area (Å²) in [5.41, 5.74) is 2.14. The lowest BCUT2D eigenvalue weighted by molar-refractivity contribution is -0.138. The number of hydrogen-bond donors (Lipinski definition) is 2. The van der Waals surface area contributed by atoms with E-state index in [0.29, 0.717) is 17.5 Å². The Hall–Kier alpha value is -4.73. The highest BCUT2D eigenvalue weighted by Crippen LogP contribution is 2.32. The van der Waals surface area contributed by atoms with Gasteiger partial charge in [-0.3, -0.25) is 19.2 Å². The Morgan fingerprint density at radius 3 is 2.37 bits per heavy atom. The minimum Gasteiger partial charge on any atom is -0.508 e. The van der Waals surface area contributed by atoms with Crippen molar-refractivity contribution in [2.24, 2.45) is 0 Å². The van der Waals surface area contributed by atoms with Gasteiger partial charge in [-0.2, -0.15) is 0 Å². The topological polar surface area (TPSA) is 110 Å². The standard InChI is InChI=1S/C31H31FN4O5/c1-34(2)23-10-8-20(9-11-23)29(39)33-25(16-19-6-12-24(37)13-7-19)31(41)35-15-14-26-28(35)27(38)18-36(26)30(40)21-4-3-5-22(32)17-21/h3-13,17,25-26,28,37H,14-16,18H2,1-2H3,(H,33,39)/t25-,26?,28-/m0/s1. The molecule has 1 unspecified atom stereocenters. The molecule has 3 amide bonds. The second kappa shape index (κ2) is 11.4. The highest BCUT2D eigenvalue weighted by Gasteiger charge is 2.52. The number of likely N-dealkylation sites (tertiary alicyclic amines) is 2. The van der Waals surface area contributed by atoms with E-state index in [1.807, 2.05) is 19.0 Å². The molecule has 212 valence electrons. The molecule has 5 rings (SSSR count). The number of halogens is 1. The molecule has 2 fully saturated rings. The van der Waals surface area contributed by atoms with Gasteiger partial charge in [0.1, 0.15) is 23.7 Å². The van der Waals surface area contributed by atoms with Crippen molar-refractivity contribution in [2.75, 3.05) is 32.1 Å². The van der Waals surface area contributed by atoms with Crippen molar-refractivity contribution in [3.63, 3.8) is 0 Å². The molecule has 41 heavy (non-hydrogen) atoms. The number of phenols is 1. The lowest BCUT2D eigenvalue weighted by Crippen LogP contribution is -2.53. The molecule has 0 bridgehead atoms. The van der Waals surface area contributed by atoms with E-state index >= 15 is 0 Å². The second-order valence-electron chi connectivity index (χ2n) is 10.6. The third kappa shape index (κ3) is 5.77. The molecule has 3 aromatic rings. The highest BCUT2D eigenvalue weighted by molar-refractivity contribution is 6.03. The number of nitrogens with one attached hydrogen (secondary N) is 1. The molecular formula is C31H31FN4O5. The SMILES string of the molecule is CN(C)c1ccc(C(=O)N[C@@H](Cc2ccc(O)cc2)C(=O)N2CCC3[C@H]2C(=O)CN3C(=O)c2cccc(F)c2)cc1. The van der Waals surface area contributed by atoms with Crippen molar-refractivity contribution in [3.8, 4) is 5.75 Å². The maximum atomic E-state index is 14.0. The molecule has 3 aromatic carbocycles. The zero-order valence-corrected chi connectivity index (χ0v) is 22.8. The molecule has 0 aliphatic carbocycles. The third-order valence-electron chi connectivity index (χ3n) is 7.66. The van der Waals surface area contributed by atoms with E-state index in [1.165, 1.54) is 40.1 Å². The molecule has 0 radical (unpaired) electrons. The van der Waals surface area contributed by atoms with Crippen LogP contribution in [0.5, 0.6) is 5.75 Å². The molecule has 2 heterocycles. The van der Waals surface area contributed by atoms with Gasteiger partial charge in [-0.25, -0.2) is 4.39 Å². The number of anilines is 1. The maximum Gasteiger partial charge on any atom is 0.254 e. The van der Waals surface area contributed by atoms with Crippen LogP contribution < -0.4 is 10.2 Å². The molecule has 0 spiro atoms. The summed E-state index contributed by atoms with van der Waals surface area (Å²) in [5, 5.41) is 12.5. The average molecular weight is 559 g/mol. The van der Waals surface area contributed by atoms with E-state index < -0.39 is 41.7 Å². The lowest BCUT2D eigenvalue weighted by atomic mass is 10.0. The first-order chi connectivity index (χ1) is 19.6. The first kappa shape index (κ1) is 27.8. The third-order valence-corrected chi connectivity index (χ3v) is 7.66. The minimum atomic E-state index is -1.000. The molecule has 2 aliphatic rings. The van der Waals surface area contributed by atoms with Crippen LogP contribution in [0.3, 0.4) is 0 Å². The number of fused-ring (bicyclic) bond motifs is 1. The monoisotopic (exact) mass is 558 g/mol. The summed E-state index contributed by atoms with van der Waals surface area (Å²) in [7, 11) is 3.78.